The van der Waals surface area contributed by atoms with E-state index in [9.17, 15) is 4.79 Å². The number of hydrogen-bond donors (Lipinski definition) is 2. The highest BCUT2D eigenvalue weighted by atomic mass is 35.5. The van der Waals surface area contributed by atoms with Crippen LogP contribution in [0.1, 0.15) is 29.3 Å². The monoisotopic (exact) mass is 434 g/mol. The molecule has 5 nitrogen and oxygen atoms in total. The zero-order valence-corrected chi connectivity index (χ0v) is 17.9. The van der Waals surface area contributed by atoms with Gasteiger partial charge in [0.05, 0.1) is 27.0 Å². The van der Waals surface area contributed by atoms with Gasteiger partial charge in [-0.3, -0.25) is 0 Å². The van der Waals surface area contributed by atoms with Gasteiger partial charge in [0.2, 0.25) is 0 Å². The normalized spacial score (nSPS) is 11.9. The first-order valence-electron chi connectivity index (χ1n) is 9.16. The molecule has 0 fully saturated rings. The third-order valence-electron chi connectivity index (χ3n) is 3.87. The first-order chi connectivity index (χ1) is 14.0. The molecular weight excluding hydrogens is 411 g/mol. The second kappa shape index (κ2) is 12.2. The summed E-state index contributed by atoms with van der Waals surface area (Å²) in [6.45, 7) is 4.09. The molecule has 0 aromatic heterocycles. The first kappa shape index (κ1) is 22.8. The summed E-state index contributed by atoms with van der Waals surface area (Å²) >= 11 is 12.5. The van der Waals surface area contributed by atoms with E-state index in [0.29, 0.717) is 33.6 Å². The summed E-state index contributed by atoms with van der Waals surface area (Å²) in [5.74, 6) is -0.485. The van der Waals surface area contributed by atoms with Crippen LogP contribution in [0, 0.1) is 6.92 Å². The molecule has 29 heavy (non-hydrogen) atoms. The van der Waals surface area contributed by atoms with E-state index in [1.165, 1.54) is 0 Å². The van der Waals surface area contributed by atoms with Gasteiger partial charge < -0.3 is 20.1 Å². The van der Waals surface area contributed by atoms with Crippen LogP contribution in [0.2, 0.25) is 10.0 Å². The van der Waals surface area contributed by atoms with Gasteiger partial charge in [0.15, 0.2) is 6.79 Å². The molecule has 0 bridgehead atoms. The topological polar surface area (TPSA) is 59.6 Å². The Bertz CT molecular complexity index is 862. The molecule has 154 valence electrons. The van der Waals surface area contributed by atoms with Crippen molar-refractivity contribution in [2.24, 2.45) is 0 Å². The zero-order chi connectivity index (χ0) is 21.1. The molecule has 0 aliphatic carbocycles. The number of para-hydroxylation sites is 1. The number of carbonyl (C=O) groups is 1. The van der Waals surface area contributed by atoms with Crippen LogP contribution in [-0.4, -0.2) is 19.4 Å². The Kier molecular flexibility index (Phi) is 9.57. The Morgan fingerprint density at radius 3 is 2.48 bits per heavy atom. The predicted octanol–water partition coefficient (Wildman–Crippen LogP) is 6.20. The minimum absolute atomic E-state index is 0.0877. The van der Waals surface area contributed by atoms with E-state index in [2.05, 4.69) is 22.8 Å². The Labute approximate surface area is 181 Å². The van der Waals surface area contributed by atoms with Crippen LogP contribution < -0.4 is 10.6 Å². The van der Waals surface area contributed by atoms with Gasteiger partial charge in [0, 0.05) is 6.61 Å². The summed E-state index contributed by atoms with van der Waals surface area (Å²) in [4.78, 5) is 12.2. The van der Waals surface area contributed by atoms with Crippen molar-refractivity contribution in [1.82, 2.24) is 5.32 Å². The standard InChI is InChI=1S/C17H17Cl2NO3.C5H7N/c1-3-22-10-23-17(21)12-6-4-5-7-14(12)20-16-13(18)9-8-11(2)15(16)19;1-2-4-6-5-3-1/h4-9,20H,3,10H2,1-2H3;2-6H,1H2. The van der Waals surface area contributed by atoms with E-state index < -0.39 is 5.97 Å². The summed E-state index contributed by atoms with van der Waals surface area (Å²) in [6, 6.07) is 10.6. The number of benzene rings is 2. The molecule has 2 aromatic carbocycles. The molecule has 0 radical (unpaired) electrons. The number of halogens is 2. The highest BCUT2D eigenvalue weighted by Crippen LogP contribution is 2.36. The van der Waals surface area contributed by atoms with Gasteiger partial charge in [0.25, 0.3) is 0 Å². The largest absolute Gasteiger partial charge is 0.435 e. The molecule has 1 aliphatic rings. The minimum Gasteiger partial charge on any atom is -0.435 e. The molecule has 0 amide bonds. The smallest absolute Gasteiger partial charge is 0.342 e. The van der Waals surface area contributed by atoms with E-state index in [1.807, 2.05) is 32.3 Å². The van der Waals surface area contributed by atoms with E-state index in [-0.39, 0.29) is 6.79 Å². The Morgan fingerprint density at radius 1 is 1.14 bits per heavy atom. The molecular formula is C22H24Cl2N2O3. The van der Waals surface area contributed by atoms with Crippen LogP contribution in [-0.2, 0) is 9.47 Å². The number of ether oxygens (including phenoxy) is 2. The fourth-order valence-electron chi connectivity index (χ4n) is 2.34. The number of carbonyl (C=O) groups excluding carboxylic acids is 1. The third-order valence-corrected chi connectivity index (χ3v) is 4.67. The summed E-state index contributed by atoms with van der Waals surface area (Å²) < 4.78 is 10.1. The van der Waals surface area contributed by atoms with Crippen molar-refractivity contribution in [3.8, 4) is 0 Å². The number of aryl methyl sites for hydroxylation is 1. The maximum absolute atomic E-state index is 12.2. The Morgan fingerprint density at radius 2 is 1.86 bits per heavy atom. The van der Waals surface area contributed by atoms with Gasteiger partial charge in [-0.05, 0) is 56.4 Å². The Hall–Kier alpha value is -2.47. The highest BCUT2D eigenvalue weighted by Gasteiger charge is 2.15. The second-order valence-electron chi connectivity index (χ2n) is 5.97. The van der Waals surface area contributed by atoms with Crippen LogP contribution in [0.15, 0.2) is 61.0 Å². The molecule has 2 N–H and O–H groups in total. The number of nitrogens with one attached hydrogen (secondary N) is 2. The Balaban J connectivity index is 0.000000426. The molecule has 0 unspecified atom stereocenters. The molecule has 0 saturated carbocycles. The number of rotatable bonds is 6. The van der Waals surface area contributed by atoms with Gasteiger partial charge in [-0.1, -0.05) is 53.6 Å². The maximum atomic E-state index is 12.2. The SMILES string of the molecule is C1=CNC=CC1.CCOCOC(=O)c1ccccc1Nc1c(Cl)ccc(C)c1Cl. The van der Waals surface area contributed by atoms with Crippen molar-refractivity contribution >= 4 is 40.5 Å². The lowest BCUT2D eigenvalue weighted by atomic mass is 10.1. The van der Waals surface area contributed by atoms with Gasteiger partial charge in [-0.2, -0.15) is 0 Å². The van der Waals surface area contributed by atoms with Crippen molar-refractivity contribution < 1.29 is 14.3 Å². The molecule has 3 rings (SSSR count). The molecule has 0 saturated heterocycles. The summed E-state index contributed by atoms with van der Waals surface area (Å²) in [7, 11) is 0. The van der Waals surface area contributed by atoms with Crippen LogP contribution in [0.5, 0.6) is 0 Å². The fourth-order valence-corrected chi connectivity index (χ4v) is 2.80. The lowest BCUT2D eigenvalue weighted by Gasteiger charge is -2.15. The van der Waals surface area contributed by atoms with Crippen molar-refractivity contribution in [3.63, 3.8) is 0 Å². The number of allylic oxidation sites excluding steroid dienone is 2. The van der Waals surface area contributed by atoms with Crippen LogP contribution in [0.4, 0.5) is 11.4 Å². The first-order valence-corrected chi connectivity index (χ1v) is 9.91. The average molecular weight is 435 g/mol. The lowest BCUT2D eigenvalue weighted by molar-refractivity contribution is -0.0273. The number of hydrogen-bond acceptors (Lipinski definition) is 5. The molecule has 2 aromatic rings. The number of esters is 1. The molecule has 1 heterocycles. The zero-order valence-electron chi connectivity index (χ0n) is 16.4. The average Bonchev–Trinajstić information content (AvgIpc) is 2.76. The fraction of sp³-hybridized carbons (Fsp3) is 0.227. The minimum atomic E-state index is -0.485. The van der Waals surface area contributed by atoms with E-state index >= 15 is 0 Å². The second-order valence-corrected chi connectivity index (χ2v) is 6.76. The summed E-state index contributed by atoms with van der Waals surface area (Å²) in [5.41, 5.74) is 2.37. The van der Waals surface area contributed by atoms with Gasteiger partial charge in [-0.25, -0.2) is 4.79 Å². The lowest BCUT2D eigenvalue weighted by Crippen LogP contribution is -2.11. The van der Waals surface area contributed by atoms with Gasteiger partial charge in [-0.15, -0.1) is 0 Å². The molecule has 1 aliphatic heterocycles. The number of anilines is 2. The van der Waals surface area contributed by atoms with Crippen molar-refractivity contribution in [2.75, 3.05) is 18.7 Å². The molecule has 0 spiro atoms. The third kappa shape index (κ3) is 7.13. The van der Waals surface area contributed by atoms with Crippen LogP contribution >= 0.6 is 23.2 Å². The predicted molar refractivity (Wildman–Crippen MR) is 119 cm³/mol. The van der Waals surface area contributed by atoms with Crippen LogP contribution in [0.3, 0.4) is 0 Å². The van der Waals surface area contributed by atoms with Crippen molar-refractivity contribution in [3.05, 3.63) is 82.1 Å². The van der Waals surface area contributed by atoms with E-state index in [4.69, 9.17) is 32.7 Å². The van der Waals surface area contributed by atoms with Crippen LogP contribution in [0.25, 0.3) is 0 Å². The van der Waals surface area contributed by atoms with E-state index in [0.717, 1.165) is 12.0 Å². The molecule has 7 heteroatoms. The summed E-state index contributed by atoms with van der Waals surface area (Å²) in [6.07, 6.45) is 9.08. The van der Waals surface area contributed by atoms with Crippen molar-refractivity contribution in [2.45, 2.75) is 20.3 Å². The highest BCUT2D eigenvalue weighted by molar-refractivity contribution is 6.39. The van der Waals surface area contributed by atoms with Gasteiger partial charge in [0.1, 0.15) is 0 Å². The molecule has 0 atom stereocenters. The van der Waals surface area contributed by atoms with E-state index in [1.54, 1.807) is 30.3 Å². The van der Waals surface area contributed by atoms with Crippen molar-refractivity contribution in [1.29, 1.82) is 0 Å². The summed E-state index contributed by atoms with van der Waals surface area (Å²) in [5, 5.41) is 7.02. The number of dihydropyridines is 1. The van der Waals surface area contributed by atoms with Gasteiger partial charge >= 0.3 is 5.97 Å². The quantitative estimate of drug-likeness (QED) is 0.321. The maximum Gasteiger partial charge on any atom is 0.342 e.